The molecular formula is C11H15FINS2. The van der Waals surface area contributed by atoms with Crippen LogP contribution in [-0.2, 0) is 0 Å². The number of halogens is 2. The highest BCUT2D eigenvalue weighted by Crippen LogP contribution is 2.37. The summed E-state index contributed by atoms with van der Waals surface area (Å²) in [5.41, 5.74) is 1.22. The molecule has 0 spiro atoms. The standard InChI is InChI=1S/C11H14FNS2.HI/c1-14-11-7-13-6-10(15-11)8-2-4-9(12)5-3-8;/h2-5,10-11,13H,6-7H2,1H3;1H. The molecule has 0 saturated carbocycles. The fraction of sp³-hybridized carbons (Fsp3) is 0.455. The lowest BCUT2D eigenvalue weighted by molar-refractivity contribution is 0.625. The number of hydrogen-bond acceptors (Lipinski definition) is 3. The quantitative estimate of drug-likeness (QED) is 0.800. The van der Waals surface area contributed by atoms with Gasteiger partial charge < -0.3 is 5.32 Å². The van der Waals surface area contributed by atoms with Crippen LogP contribution in [0.2, 0.25) is 0 Å². The Morgan fingerprint density at radius 2 is 2.00 bits per heavy atom. The van der Waals surface area contributed by atoms with E-state index in [-0.39, 0.29) is 29.8 Å². The van der Waals surface area contributed by atoms with Gasteiger partial charge in [0.1, 0.15) is 5.82 Å². The SMILES string of the molecule is CSC1CNCC(c2ccc(F)cc2)S1.I. The van der Waals surface area contributed by atoms with Gasteiger partial charge in [-0.1, -0.05) is 12.1 Å². The van der Waals surface area contributed by atoms with Gasteiger partial charge in [-0.15, -0.1) is 47.5 Å². The maximum Gasteiger partial charge on any atom is 0.123 e. The minimum Gasteiger partial charge on any atom is -0.313 e. The summed E-state index contributed by atoms with van der Waals surface area (Å²) in [5.74, 6) is -0.158. The average molecular weight is 371 g/mol. The Morgan fingerprint density at radius 1 is 1.31 bits per heavy atom. The van der Waals surface area contributed by atoms with E-state index in [9.17, 15) is 4.39 Å². The summed E-state index contributed by atoms with van der Waals surface area (Å²) in [6, 6.07) is 6.85. The Kier molecular flexibility index (Phi) is 6.46. The van der Waals surface area contributed by atoms with E-state index in [0.29, 0.717) is 9.83 Å². The molecule has 16 heavy (non-hydrogen) atoms. The van der Waals surface area contributed by atoms with Gasteiger partial charge in [-0.2, -0.15) is 0 Å². The predicted molar refractivity (Wildman–Crippen MR) is 82.3 cm³/mol. The first kappa shape index (κ1) is 14.6. The highest BCUT2D eigenvalue weighted by molar-refractivity contribution is 14.0. The topological polar surface area (TPSA) is 12.0 Å². The third kappa shape index (κ3) is 3.78. The van der Waals surface area contributed by atoms with Crippen LogP contribution in [0, 0.1) is 5.82 Å². The van der Waals surface area contributed by atoms with Crippen molar-refractivity contribution in [2.24, 2.45) is 0 Å². The lowest BCUT2D eigenvalue weighted by atomic mass is 10.1. The molecule has 1 nitrogen and oxygen atoms in total. The van der Waals surface area contributed by atoms with Crippen LogP contribution in [0.5, 0.6) is 0 Å². The van der Waals surface area contributed by atoms with Crippen molar-refractivity contribution in [1.29, 1.82) is 0 Å². The Balaban J connectivity index is 0.00000128. The van der Waals surface area contributed by atoms with Gasteiger partial charge in [0.05, 0.1) is 4.58 Å². The van der Waals surface area contributed by atoms with E-state index in [0.717, 1.165) is 13.1 Å². The monoisotopic (exact) mass is 371 g/mol. The van der Waals surface area contributed by atoms with Crippen molar-refractivity contribution in [3.8, 4) is 0 Å². The van der Waals surface area contributed by atoms with Crippen molar-refractivity contribution in [2.75, 3.05) is 19.3 Å². The molecule has 2 unspecified atom stereocenters. The molecule has 5 heteroatoms. The summed E-state index contributed by atoms with van der Waals surface area (Å²) in [6.07, 6.45) is 2.13. The first-order valence-corrected chi connectivity index (χ1v) is 7.17. The van der Waals surface area contributed by atoms with Crippen LogP contribution in [0.25, 0.3) is 0 Å². The molecule has 0 bridgehead atoms. The maximum absolute atomic E-state index is 12.8. The maximum atomic E-state index is 12.8. The van der Waals surface area contributed by atoms with Gasteiger partial charge in [-0.05, 0) is 24.0 Å². The van der Waals surface area contributed by atoms with Crippen molar-refractivity contribution >= 4 is 47.5 Å². The Morgan fingerprint density at radius 3 is 2.62 bits per heavy atom. The molecule has 1 N–H and O–H groups in total. The number of nitrogens with one attached hydrogen (secondary N) is 1. The second-order valence-electron chi connectivity index (χ2n) is 3.50. The molecule has 0 aromatic heterocycles. The first-order valence-electron chi connectivity index (χ1n) is 4.94. The number of thioether (sulfide) groups is 2. The van der Waals surface area contributed by atoms with E-state index < -0.39 is 0 Å². The van der Waals surface area contributed by atoms with Gasteiger partial charge in [-0.3, -0.25) is 0 Å². The van der Waals surface area contributed by atoms with E-state index >= 15 is 0 Å². The summed E-state index contributed by atoms with van der Waals surface area (Å²) < 4.78 is 13.4. The summed E-state index contributed by atoms with van der Waals surface area (Å²) in [5, 5.41) is 3.87. The minimum atomic E-state index is -0.158. The highest BCUT2D eigenvalue weighted by Gasteiger charge is 2.22. The second kappa shape index (κ2) is 7.08. The van der Waals surface area contributed by atoms with Crippen LogP contribution in [0.3, 0.4) is 0 Å². The van der Waals surface area contributed by atoms with Crippen LogP contribution in [-0.4, -0.2) is 23.9 Å². The number of benzene rings is 1. The summed E-state index contributed by atoms with van der Waals surface area (Å²) >= 11 is 3.84. The molecule has 2 atom stereocenters. The zero-order chi connectivity index (χ0) is 10.7. The van der Waals surface area contributed by atoms with Crippen molar-refractivity contribution in [1.82, 2.24) is 5.32 Å². The molecule has 1 fully saturated rings. The van der Waals surface area contributed by atoms with Crippen LogP contribution >= 0.6 is 47.5 Å². The molecule has 0 amide bonds. The van der Waals surface area contributed by atoms with Gasteiger partial charge in [-0.25, -0.2) is 4.39 Å². The third-order valence-corrected chi connectivity index (χ3v) is 5.30. The van der Waals surface area contributed by atoms with E-state index in [4.69, 9.17) is 0 Å². The van der Waals surface area contributed by atoms with E-state index in [2.05, 4.69) is 11.6 Å². The molecule has 1 aliphatic heterocycles. The summed E-state index contributed by atoms with van der Waals surface area (Å²) in [4.78, 5) is 0. The normalized spacial score (nSPS) is 24.9. The molecule has 0 aliphatic carbocycles. The van der Waals surface area contributed by atoms with Gasteiger partial charge in [0.15, 0.2) is 0 Å². The molecule has 1 saturated heterocycles. The Hall–Kier alpha value is 0.540. The second-order valence-corrected chi connectivity index (χ2v) is 6.25. The third-order valence-electron chi connectivity index (χ3n) is 2.46. The molecule has 90 valence electrons. The largest absolute Gasteiger partial charge is 0.313 e. The van der Waals surface area contributed by atoms with Gasteiger partial charge in [0.2, 0.25) is 0 Å². The first-order chi connectivity index (χ1) is 7.29. The van der Waals surface area contributed by atoms with Crippen molar-refractivity contribution in [2.45, 2.75) is 9.83 Å². The molecule has 1 aromatic rings. The highest BCUT2D eigenvalue weighted by atomic mass is 127. The zero-order valence-electron chi connectivity index (χ0n) is 8.98. The Labute approximate surface area is 121 Å². The van der Waals surface area contributed by atoms with Crippen LogP contribution in [0.15, 0.2) is 24.3 Å². The van der Waals surface area contributed by atoms with Crippen LogP contribution in [0.1, 0.15) is 10.8 Å². The molecule has 1 aliphatic rings. The van der Waals surface area contributed by atoms with Crippen LogP contribution in [0.4, 0.5) is 4.39 Å². The van der Waals surface area contributed by atoms with E-state index in [1.165, 1.54) is 5.56 Å². The van der Waals surface area contributed by atoms with Crippen molar-refractivity contribution in [3.63, 3.8) is 0 Å². The van der Waals surface area contributed by atoms with Crippen molar-refractivity contribution < 1.29 is 4.39 Å². The average Bonchev–Trinajstić information content (AvgIpc) is 2.30. The summed E-state index contributed by atoms with van der Waals surface area (Å²) in [7, 11) is 0. The van der Waals surface area contributed by atoms with E-state index in [1.54, 1.807) is 12.1 Å². The molecule has 1 heterocycles. The smallest absolute Gasteiger partial charge is 0.123 e. The minimum absolute atomic E-state index is 0. The number of hydrogen-bond donors (Lipinski definition) is 1. The zero-order valence-corrected chi connectivity index (χ0v) is 12.9. The Bertz CT molecular complexity index is 320. The lowest BCUT2D eigenvalue weighted by Crippen LogP contribution is -2.32. The van der Waals surface area contributed by atoms with Gasteiger partial charge in [0, 0.05) is 18.3 Å². The molecule has 0 radical (unpaired) electrons. The van der Waals surface area contributed by atoms with E-state index in [1.807, 2.05) is 35.7 Å². The molecular weight excluding hydrogens is 356 g/mol. The molecule has 1 aromatic carbocycles. The predicted octanol–water partition coefficient (Wildman–Crippen LogP) is 3.51. The van der Waals surface area contributed by atoms with Crippen molar-refractivity contribution in [3.05, 3.63) is 35.6 Å². The van der Waals surface area contributed by atoms with Gasteiger partial charge in [0.25, 0.3) is 0 Å². The van der Waals surface area contributed by atoms with Gasteiger partial charge >= 0.3 is 0 Å². The fourth-order valence-electron chi connectivity index (χ4n) is 1.62. The lowest BCUT2D eigenvalue weighted by Gasteiger charge is -2.28. The summed E-state index contributed by atoms with van der Waals surface area (Å²) in [6.45, 7) is 2.04. The fourth-order valence-corrected chi connectivity index (χ4v) is 3.86. The van der Waals surface area contributed by atoms with Crippen LogP contribution < -0.4 is 5.32 Å². The number of rotatable bonds is 2. The molecule has 2 rings (SSSR count).